The average molecular weight is 151 g/mol. The monoisotopic (exact) mass is 151 g/mol. The van der Waals surface area contributed by atoms with E-state index in [-0.39, 0.29) is 0 Å². The summed E-state index contributed by atoms with van der Waals surface area (Å²) in [5.74, 6) is 0.473. The molecule has 10 heavy (non-hydrogen) atoms. The Kier molecular flexibility index (Phi) is 2.08. The summed E-state index contributed by atoms with van der Waals surface area (Å²) >= 11 is 1.60. The molecule has 1 nitrogen and oxygen atoms in total. The van der Waals surface area contributed by atoms with Gasteiger partial charge < -0.3 is 0 Å². The van der Waals surface area contributed by atoms with Crippen LogP contribution in [0.4, 0.5) is 0 Å². The highest BCUT2D eigenvalue weighted by atomic mass is 32.1. The van der Waals surface area contributed by atoms with Crippen LogP contribution in [0.15, 0.2) is 10.8 Å². The summed E-state index contributed by atoms with van der Waals surface area (Å²) in [5, 5.41) is 12.6. The quantitative estimate of drug-likeness (QED) is 0.605. The van der Waals surface area contributed by atoms with Gasteiger partial charge in [0.25, 0.3) is 0 Å². The van der Waals surface area contributed by atoms with Crippen molar-refractivity contribution >= 4 is 11.3 Å². The van der Waals surface area contributed by atoms with Gasteiger partial charge in [-0.3, -0.25) is 0 Å². The average Bonchev–Trinajstić information content (AvgIpc) is 2.33. The van der Waals surface area contributed by atoms with E-state index in [9.17, 15) is 0 Å². The fourth-order valence-corrected chi connectivity index (χ4v) is 1.78. The van der Waals surface area contributed by atoms with Crippen LogP contribution in [0, 0.1) is 11.3 Å². The Morgan fingerprint density at radius 3 is 2.60 bits per heavy atom. The molecule has 1 heterocycles. The molecule has 0 radical (unpaired) electrons. The minimum Gasteiger partial charge on any atom is -0.192 e. The third-order valence-corrected chi connectivity index (χ3v) is 2.20. The highest BCUT2D eigenvalue weighted by Gasteiger charge is 2.05. The lowest BCUT2D eigenvalue weighted by atomic mass is 10.0. The van der Waals surface area contributed by atoms with Crippen LogP contribution in [0.5, 0.6) is 0 Å². The predicted molar refractivity (Wildman–Crippen MR) is 43.1 cm³/mol. The van der Waals surface area contributed by atoms with Gasteiger partial charge in [0, 0.05) is 5.38 Å². The molecule has 1 rings (SSSR count). The highest BCUT2D eigenvalue weighted by molar-refractivity contribution is 7.08. The van der Waals surface area contributed by atoms with E-state index in [1.807, 2.05) is 10.8 Å². The number of hydrogen-bond donors (Lipinski definition) is 0. The number of rotatable bonds is 1. The molecular weight excluding hydrogens is 142 g/mol. The first-order chi connectivity index (χ1) is 4.75. The van der Waals surface area contributed by atoms with Crippen LogP contribution in [0.25, 0.3) is 0 Å². The summed E-state index contributed by atoms with van der Waals surface area (Å²) in [6, 6.07) is 2.17. The van der Waals surface area contributed by atoms with Crippen molar-refractivity contribution in [2.75, 3.05) is 0 Å². The third-order valence-electron chi connectivity index (χ3n) is 1.43. The second-order valence-electron chi connectivity index (χ2n) is 2.51. The van der Waals surface area contributed by atoms with Gasteiger partial charge in [-0.15, -0.1) is 0 Å². The Bertz CT molecular complexity index is 254. The maximum atomic E-state index is 8.61. The normalized spacial score (nSPS) is 9.80. The van der Waals surface area contributed by atoms with Crippen LogP contribution in [0.3, 0.4) is 0 Å². The van der Waals surface area contributed by atoms with Crippen LogP contribution in [-0.2, 0) is 0 Å². The van der Waals surface area contributed by atoms with E-state index in [1.165, 1.54) is 5.56 Å². The molecule has 0 aromatic carbocycles. The summed E-state index contributed by atoms with van der Waals surface area (Å²) < 4.78 is 0. The van der Waals surface area contributed by atoms with Crippen LogP contribution in [0.1, 0.15) is 30.9 Å². The molecule has 0 bridgehead atoms. The van der Waals surface area contributed by atoms with E-state index in [2.05, 4.69) is 19.9 Å². The molecule has 0 saturated carbocycles. The Labute approximate surface area is 64.9 Å². The first-order valence-electron chi connectivity index (χ1n) is 3.22. The fraction of sp³-hybridized carbons (Fsp3) is 0.375. The van der Waals surface area contributed by atoms with Crippen LogP contribution in [0.2, 0.25) is 0 Å². The molecule has 0 aliphatic rings. The first-order valence-corrected chi connectivity index (χ1v) is 4.16. The Morgan fingerprint density at radius 2 is 2.20 bits per heavy atom. The molecule has 52 valence electrons. The maximum Gasteiger partial charge on any atom is 0.100 e. The molecule has 0 unspecified atom stereocenters. The first kappa shape index (κ1) is 7.30. The summed E-state index contributed by atoms with van der Waals surface area (Å²) in [7, 11) is 0. The third kappa shape index (κ3) is 1.19. The Balaban J connectivity index is 3.05. The van der Waals surface area contributed by atoms with Gasteiger partial charge in [0.05, 0.1) is 5.56 Å². The minimum absolute atomic E-state index is 0.473. The molecule has 0 aliphatic carbocycles. The Morgan fingerprint density at radius 1 is 1.50 bits per heavy atom. The van der Waals surface area contributed by atoms with Crippen molar-refractivity contribution < 1.29 is 0 Å². The molecule has 0 atom stereocenters. The smallest absolute Gasteiger partial charge is 0.100 e. The van der Waals surface area contributed by atoms with Crippen molar-refractivity contribution in [1.82, 2.24) is 0 Å². The van der Waals surface area contributed by atoms with Gasteiger partial charge >= 0.3 is 0 Å². The predicted octanol–water partition coefficient (Wildman–Crippen LogP) is 2.74. The van der Waals surface area contributed by atoms with E-state index in [1.54, 1.807) is 11.3 Å². The van der Waals surface area contributed by atoms with Crippen molar-refractivity contribution in [3.63, 3.8) is 0 Å². The topological polar surface area (TPSA) is 23.8 Å². The number of nitriles is 1. The lowest BCUT2D eigenvalue weighted by molar-refractivity contribution is 0.868. The minimum atomic E-state index is 0.473. The van der Waals surface area contributed by atoms with Crippen LogP contribution in [-0.4, -0.2) is 0 Å². The van der Waals surface area contributed by atoms with E-state index in [0.29, 0.717) is 5.92 Å². The van der Waals surface area contributed by atoms with Gasteiger partial charge in [0.15, 0.2) is 0 Å². The van der Waals surface area contributed by atoms with Crippen molar-refractivity contribution in [2.24, 2.45) is 0 Å². The Hall–Kier alpha value is -0.810. The summed E-state index contributed by atoms with van der Waals surface area (Å²) in [6.07, 6.45) is 0. The molecule has 0 spiro atoms. The highest BCUT2D eigenvalue weighted by Crippen LogP contribution is 2.22. The summed E-state index contributed by atoms with van der Waals surface area (Å²) in [5.41, 5.74) is 2.01. The summed E-state index contributed by atoms with van der Waals surface area (Å²) in [6.45, 7) is 4.20. The summed E-state index contributed by atoms with van der Waals surface area (Å²) in [4.78, 5) is 0. The van der Waals surface area contributed by atoms with E-state index < -0.39 is 0 Å². The molecule has 0 N–H and O–H groups in total. The van der Waals surface area contributed by atoms with E-state index in [4.69, 9.17) is 5.26 Å². The van der Waals surface area contributed by atoms with E-state index >= 15 is 0 Å². The van der Waals surface area contributed by atoms with Gasteiger partial charge in [-0.25, -0.2) is 0 Å². The van der Waals surface area contributed by atoms with Crippen molar-refractivity contribution in [1.29, 1.82) is 5.26 Å². The molecule has 0 amide bonds. The lowest BCUT2D eigenvalue weighted by Crippen LogP contribution is -1.85. The molecule has 2 heteroatoms. The zero-order chi connectivity index (χ0) is 7.56. The number of hydrogen-bond acceptors (Lipinski definition) is 2. The fourth-order valence-electron chi connectivity index (χ4n) is 0.845. The SMILES string of the molecule is CC(C)c1cscc1C#N. The van der Waals surface area contributed by atoms with Gasteiger partial charge in [-0.05, 0) is 16.9 Å². The second kappa shape index (κ2) is 2.85. The van der Waals surface area contributed by atoms with Crippen molar-refractivity contribution in [3.05, 3.63) is 21.9 Å². The zero-order valence-electron chi connectivity index (χ0n) is 6.09. The number of nitrogens with zero attached hydrogens (tertiary/aromatic N) is 1. The van der Waals surface area contributed by atoms with Crippen molar-refractivity contribution in [3.8, 4) is 6.07 Å². The van der Waals surface area contributed by atoms with Crippen LogP contribution < -0.4 is 0 Å². The van der Waals surface area contributed by atoms with Gasteiger partial charge in [-0.1, -0.05) is 13.8 Å². The van der Waals surface area contributed by atoms with Gasteiger partial charge in [0.1, 0.15) is 6.07 Å². The van der Waals surface area contributed by atoms with Crippen LogP contribution >= 0.6 is 11.3 Å². The molecular formula is C8H9NS. The molecule has 1 aromatic rings. The molecule has 0 saturated heterocycles. The van der Waals surface area contributed by atoms with E-state index in [0.717, 1.165) is 5.56 Å². The largest absolute Gasteiger partial charge is 0.192 e. The van der Waals surface area contributed by atoms with Gasteiger partial charge in [0.2, 0.25) is 0 Å². The number of thiophene rings is 1. The standard InChI is InChI=1S/C8H9NS/c1-6(2)8-5-10-4-7(8)3-9/h4-6H,1-2H3. The molecule has 0 fully saturated rings. The van der Waals surface area contributed by atoms with Crippen molar-refractivity contribution in [2.45, 2.75) is 19.8 Å². The zero-order valence-corrected chi connectivity index (χ0v) is 6.90. The maximum absolute atomic E-state index is 8.61. The molecule has 0 aliphatic heterocycles. The molecule has 1 aromatic heterocycles. The second-order valence-corrected chi connectivity index (χ2v) is 3.25. The lowest BCUT2D eigenvalue weighted by Gasteiger charge is -1.99. The van der Waals surface area contributed by atoms with Gasteiger partial charge in [-0.2, -0.15) is 16.6 Å².